The second-order valence-electron chi connectivity index (χ2n) is 9.87. The number of halogens is 3. The first-order chi connectivity index (χ1) is 13.3. The Balaban J connectivity index is 2.32. The molecule has 1 aliphatic rings. The van der Waals surface area contributed by atoms with Gasteiger partial charge in [-0.15, -0.1) is 0 Å². The van der Waals surface area contributed by atoms with Crippen LogP contribution in [-0.4, -0.2) is 50.3 Å². The van der Waals surface area contributed by atoms with Crippen LogP contribution in [0.3, 0.4) is 0 Å². The van der Waals surface area contributed by atoms with Crippen molar-refractivity contribution in [2.24, 2.45) is 0 Å². The van der Waals surface area contributed by atoms with Crippen LogP contribution in [0.4, 0.5) is 5.69 Å². The van der Waals surface area contributed by atoms with Gasteiger partial charge in [-0.1, -0.05) is 82.7 Å². The number of anilines is 1. The third-order valence-electron chi connectivity index (χ3n) is 4.89. The molecule has 0 saturated carbocycles. The van der Waals surface area contributed by atoms with E-state index in [0.29, 0.717) is 24.1 Å². The summed E-state index contributed by atoms with van der Waals surface area (Å²) in [6, 6.07) is 3.67. The molecule has 164 valence electrons. The van der Waals surface area contributed by atoms with E-state index >= 15 is 0 Å². The van der Waals surface area contributed by atoms with Crippen LogP contribution in [0.15, 0.2) is 12.3 Å². The number of carbonyl (C=O) groups excluding carboxylic acids is 1. The molecule has 2 atom stereocenters. The van der Waals surface area contributed by atoms with Gasteiger partial charge in [-0.05, 0) is 18.2 Å². The van der Waals surface area contributed by atoms with Crippen LogP contribution >= 0.6 is 43.5 Å². The average molecular weight is 587 g/mol. The smallest absolute Gasteiger partial charge is 0.242 e. The molecule has 0 fully saturated rings. The van der Waals surface area contributed by atoms with Gasteiger partial charge in [0.15, 0.2) is 0 Å². The van der Waals surface area contributed by atoms with Crippen molar-refractivity contribution in [1.82, 2.24) is 4.98 Å². The quantitative estimate of drug-likeness (QED) is 0.205. The topological polar surface area (TPSA) is 60.5 Å². The monoisotopic (exact) mass is 584 g/mol. The number of hydrogen-bond acceptors (Lipinski definition) is 4. The molecule has 1 aromatic heterocycles. The first-order valence-electron chi connectivity index (χ1n) is 9.76. The Bertz CT molecular complexity index is 715. The summed E-state index contributed by atoms with van der Waals surface area (Å²) in [5.41, 5.74) is 0.259. The fraction of sp³-hybridized carbons (Fsp3) is 0.684. The summed E-state index contributed by atoms with van der Waals surface area (Å²) in [5.74, 6) is -0.193. The predicted molar refractivity (Wildman–Crippen MR) is 133 cm³/mol. The zero-order chi connectivity index (χ0) is 22.0. The van der Waals surface area contributed by atoms with Crippen molar-refractivity contribution in [2.45, 2.75) is 66.8 Å². The number of aromatic nitrogens is 1. The van der Waals surface area contributed by atoms with Gasteiger partial charge in [-0.25, -0.2) is 4.98 Å². The number of alkyl halides is 2. The summed E-state index contributed by atoms with van der Waals surface area (Å²) in [7, 11) is -2.54. The van der Waals surface area contributed by atoms with Gasteiger partial charge < -0.3 is 14.8 Å². The molecule has 29 heavy (non-hydrogen) atoms. The largest absolute Gasteiger partial charge is 0.366 e. The van der Waals surface area contributed by atoms with E-state index in [-0.39, 0.29) is 5.91 Å². The van der Waals surface area contributed by atoms with E-state index < -0.39 is 31.6 Å². The van der Waals surface area contributed by atoms with Gasteiger partial charge in [0.2, 0.25) is 5.91 Å². The number of nitrogens with one attached hydrogen (secondary N) is 1. The molecule has 10 heteroatoms. The molecule has 1 aromatic rings. The Morgan fingerprint density at radius 2 is 1.55 bits per heavy atom. The molecule has 2 rings (SSSR count). The number of carbonyl (C=O) groups is 1. The van der Waals surface area contributed by atoms with Crippen LogP contribution in [-0.2, 0) is 19.7 Å². The van der Waals surface area contributed by atoms with E-state index in [1.807, 2.05) is 0 Å². The van der Waals surface area contributed by atoms with E-state index in [4.69, 9.17) is 21.1 Å². The van der Waals surface area contributed by atoms with Crippen molar-refractivity contribution in [3.63, 3.8) is 0 Å². The average Bonchev–Trinajstić information content (AvgIpc) is 2.84. The molecule has 0 aromatic carbocycles. The summed E-state index contributed by atoms with van der Waals surface area (Å²) < 4.78 is 12.3. The van der Waals surface area contributed by atoms with Gasteiger partial charge in [0.05, 0.1) is 0 Å². The summed E-state index contributed by atoms with van der Waals surface area (Å²) in [6.07, 6.45) is 1.64. The molecule has 2 unspecified atom stereocenters. The Hall–Kier alpha value is 0.224. The third-order valence-corrected chi connectivity index (χ3v) is 10.5. The number of hydrogen-bond donors (Lipinski definition) is 1. The van der Waals surface area contributed by atoms with E-state index in [1.165, 1.54) is 0 Å². The maximum absolute atomic E-state index is 13.3. The number of amides is 1. The lowest BCUT2D eigenvalue weighted by Gasteiger charge is -2.36. The van der Waals surface area contributed by atoms with E-state index in [1.54, 1.807) is 12.3 Å². The van der Waals surface area contributed by atoms with Gasteiger partial charge in [0.1, 0.15) is 20.6 Å². The number of ether oxygens (including phenoxy) is 2. The molecule has 0 radical (unpaired) electrons. The fourth-order valence-electron chi connectivity index (χ4n) is 2.96. The maximum Gasteiger partial charge on any atom is 0.242 e. The lowest BCUT2D eigenvalue weighted by Crippen LogP contribution is -2.52. The molecule has 0 spiro atoms. The third kappa shape index (κ3) is 6.36. The maximum atomic E-state index is 13.3. The summed E-state index contributed by atoms with van der Waals surface area (Å²) in [6.45, 7) is 14.9. The van der Waals surface area contributed by atoms with Crippen molar-refractivity contribution >= 4 is 71.2 Å². The second kappa shape index (κ2) is 9.79. The van der Waals surface area contributed by atoms with Gasteiger partial charge in [-0.3, -0.25) is 4.79 Å². The Morgan fingerprint density at radius 3 is 2.00 bits per heavy atom. The standard InChI is InChI=1S/C19H31Br2ClN2O3Si2/c1-28(2,3)9-7-26-16(20)19(17(21)27-8-10-29(4,5)6)13-12-23-15(22)11-14(13)24-18(19)25/h11-12,16-17H,7-10H2,1-6H3,(H,24,25). The predicted octanol–water partition coefficient (Wildman–Crippen LogP) is 6.08. The number of fused-ring (bicyclic) bond motifs is 1. The molecular weight excluding hydrogens is 556 g/mol. The van der Waals surface area contributed by atoms with Crippen LogP contribution in [0, 0.1) is 0 Å². The van der Waals surface area contributed by atoms with Crippen molar-refractivity contribution < 1.29 is 14.3 Å². The Kier molecular flexibility index (Phi) is 8.60. The van der Waals surface area contributed by atoms with E-state index in [9.17, 15) is 4.79 Å². The molecule has 0 aliphatic carbocycles. The number of nitrogens with zero attached hydrogens (tertiary/aromatic N) is 1. The van der Waals surface area contributed by atoms with E-state index in [0.717, 1.165) is 17.7 Å². The van der Waals surface area contributed by atoms with Crippen LogP contribution in [0.5, 0.6) is 0 Å². The summed E-state index contributed by atoms with van der Waals surface area (Å²) >= 11 is 13.4. The zero-order valence-electron chi connectivity index (χ0n) is 17.9. The van der Waals surface area contributed by atoms with Crippen molar-refractivity contribution in [3.8, 4) is 0 Å². The molecule has 0 saturated heterocycles. The first-order valence-corrected chi connectivity index (χ1v) is 19.4. The molecular formula is C19H31Br2ClN2O3Si2. The minimum Gasteiger partial charge on any atom is -0.366 e. The van der Waals surface area contributed by atoms with Crippen LogP contribution in [0.25, 0.3) is 0 Å². The highest BCUT2D eigenvalue weighted by atomic mass is 79.9. The van der Waals surface area contributed by atoms with Gasteiger partial charge in [-0.2, -0.15) is 0 Å². The van der Waals surface area contributed by atoms with Gasteiger partial charge >= 0.3 is 0 Å². The van der Waals surface area contributed by atoms with Crippen LogP contribution in [0.2, 0.25) is 56.5 Å². The van der Waals surface area contributed by atoms with Crippen LogP contribution in [0.1, 0.15) is 5.56 Å². The summed E-state index contributed by atoms with van der Waals surface area (Å²) in [4.78, 5) is 17.5. The molecule has 0 bridgehead atoms. The first kappa shape index (κ1) is 25.5. The number of pyridine rings is 1. The fourth-order valence-corrected chi connectivity index (χ4v) is 6.70. The SMILES string of the molecule is C[Si](C)(C)CCOC(Br)C1(C(Br)OCC[Si](C)(C)C)C(=O)Nc2cc(Cl)ncc21. The molecule has 1 amide bonds. The normalized spacial score (nSPS) is 21.6. The molecule has 2 heterocycles. The lowest BCUT2D eigenvalue weighted by atomic mass is 9.84. The molecule has 1 aliphatic heterocycles. The van der Waals surface area contributed by atoms with Crippen molar-refractivity contribution in [1.29, 1.82) is 0 Å². The Morgan fingerprint density at radius 1 is 1.07 bits per heavy atom. The highest BCUT2D eigenvalue weighted by Crippen LogP contribution is 2.49. The van der Waals surface area contributed by atoms with Crippen LogP contribution < -0.4 is 5.32 Å². The van der Waals surface area contributed by atoms with Crippen molar-refractivity contribution in [3.05, 3.63) is 23.0 Å². The highest BCUT2D eigenvalue weighted by Gasteiger charge is 2.58. The molecule has 5 nitrogen and oxygen atoms in total. The lowest BCUT2D eigenvalue weighted by molar-refractivity contribution is -0.128. The second-order valence-corrected chi connectivity index (χ2v) is 23.2. The minimum atomic E-state index is -1.27. The summed E-state index contributed by atoms with van der Waals surface area (Å²) in [5, 5.41) is 2.11. The van der Waals surface area contributed by atoms with E-state index in [2.05, 4.69) is 81.4 Å². The van der Waals surface area contributed by atoms with Crippen molar-refractivity contribution in [2.75, 3.05) is 18.5 Å². The zero-order valence-corrected chi connectivity index (χ0v) is 23.9. The number of rotatable bonds is 10. The minimum absolute atomic E-state index is 0.193. The highest BCUT2D eigenvalue weighted by molar-refractivity contribution is 9.10. The van der Waals surface area contributed by atoms with Gasteiger partial charge in [0.25, 0.3) is 0 Å². The molecule has 1 N–H and O–H groups in total. The van der Waals surface area contributed by atoms with Gasteiger partial charge in [0, 0.05) is 46.8 Å². The Labute approximate surface area is 197 Å².